The topological polar surface area (TPSA) is 75.3 Å². The molecule has 0 aliphatic heterocycles. The SMILES string of the molecule is NCC(F)(F)CNC(=O)Cc1ccccc1O. The van der Waals surface area contributed by atoms with Crippen molar-refractivity contribution in [2.45, 2.75) is 12.3 Å². The van der Waals surface area contributed by atoms with Crippen molar-refractivity contribution < 1.29 is 18.7 Å². The highest BCUT2D eigenvalue weighted by atomic mass is 19.3. The monoisotopic (exact) mass is 244 g/mol. The first kappa shape index (κ1) is 13.4. The number of hydrogen-bond acceptors (Lipinski definition) is 3. The Morgan fingerprint density at radius 3 is 2.65 bits per heavy atom. The zero-order valence-corrected chi connectivity index (χ0v) is 9.12. The number of aromatic hydroxyl groups is 1. The fourth-order valence-corrected chi connectivity index (χ4v) is 1.20. The number of nitrogens with one attached hydrogen (secondary N) is 1. The van der Waals surface area contributed by atoms with Crippen LogP contribution in [0.4, 0.5) is 8.78 Å². The summed E-state index contributed by atoms with van der Waals surface area (Å²) < 4.78 is 25.5. The number of phenols is 1. The van der Waals surface area contributed by atoms with Crippen molar-refractivity contribution in [3.8, 4) is 5.75 Å². The molecule has 0 atom stereocenters. The standard InChI is InChI=1S/C11H14F2N2O2/c12-11(13,6-14)7-15-10(17)5-8-3-1-2-4-9(8)16/h1-4,16H,5-7,14H2,(H,15,17). The molecule has 0 heterocycles. The Hall–Kier alpha value is -1.69. The van der Waals surface area contributed by atoms with Crippen LogP contribution in [0.1, 0.15) is 5.56 Å². The first-order valence-corrected chi connectivity index (χ1v) is 5.06. The van der Waals surface area contributed by atoms with Gasteiger partial charge in [-0.3, -0.25) is 4.79 Å². The molecule has 0 bridgehead atoms. The molecule has 0 saturated heterocycles. The molecule has 1 aromatic carbocycles. The van der Waals surface area contributed by atoms with E-state index in [-0.39, 0.29) is 12.2 Å². The summed E-state index contributed by atoms with van der Waals surface area (Å²) in [6.07, 6.45) is -0.146. The molecule has 17 heavy (non-hydrogen) atoms. The van der Waals surface area contributed by atoms with Crippen LogP contribution >= 0.6 is 0 Å². The average molecular weight is 244 g/mol. The molecule has 4 N–H and O–H groups in total. The van der Waals surface area contributed by atoms with E-state index in [2.05, 4.69) is 5.32 Å². The van der Waals surface area contributed by atoms with Crippen molar-refractivity contribution in [1.29, 1.82) is 0 Å². The molecule has 6 heteroatoms. The van der Waals surface area contributed by atoms with Crippen LogP contribution in [0.5, 0.6) is 5.75 Å². The van der Waals surface area contributed by atoms with E-state index >= 15 is 0 Å². The van der Waals surface area contributed by atoms with Crippen LogP contribution in [0.25, 0.3) is 0 Å². The second kappa shape index (κ2) is 5.58. The molecule has 4 nitrogen and oxygen atoms in total. The Balaban J connectivity index is 2.48. The van der Waals surface area contributed by atoms with Gasteiger partial charge in [0.1, 0.15) is 5.75 Å². The number of carbonyl (C=O) groups is 1. The number of phenolic OH excluding ortho intramolecular Hbond substituents is 1. The minimum absolute atomic E-state index is 0.0340. The number of carbonyl (C=O) groups excluding carboxylic acids is 1. The number of benzene rings is 1. The number of amides is 1. The maximum absolute atomic E-state index is 12.7. The number of hydrogen-bond donors (Lipinski definition) is 3. The molecule has 0 aliphatic rings. The van der Waals surface area contributed by atoms with E-state index in [0.717, 1.165) is 0 Å². The summed E-state index contributed by atoms with van der Waals surface area (Å²) in [6.45, 7) is -1.61. The van der Waals surface area contributed by atoms with E-state index in [1.54, 1.807) is 18.2 Å². The van der Waals surface area contributed by atoms with Gasteiger partial charge in [0.15, 0.2) is 0 Å². The fraction of sp³-hybridized carbons (Fsp3) is 0.364. The predicted molar refractivity (Wildman–Crippen MR) is 58.8 cm³/mol. The summed E-state index contributed by atoms with van der Waals surface area (Å²) in [5, 5.41) is 11.5. The van der Waals surface area contributed by atoms with Crippen molar-refractivity contribution in [2.24, 2.45) is 5.73 Å². The molecule has 94 valence electrons. The zero-order valence-electron chi connectivity index (χ0n) is 9.12. The van der Waals surface area contributed by atoms with Crippen LogP contribution in [-0.4, -0.2) is 30.0 Å². The number of para-hydroxylation sites is 1. The molecular weight excluding hydrogens is 230 g/mol. The fourth-order valence-electron chi connectivity index (χ4n) is 1.20. The van der Waals surface area contributed by atoms with Gasteiger partial charge in [0.2, 0.25) is 5.91 Å². The second-order valence-electron chi connectivity index (χ2n) is 3.64. The van der Waals surface area contributed by atoms with Crippen LogP contribution in [-0.2, 0) is 11.2 Å². The maximum Gasteiger partial charge on any atom is 0.277 e. The molecule has 1 rings (SSSR count). The molecule has 0 saturated carbocycles. The van der Waals surface area contributed by atoms with E-state index < -0.39 is 24.9 Å². The predicted octanol–water partition coefficient (Wildman–Crippen LogP) is 0.645. The second-order valence-corrected chi connectivity index (χ2v) is 3.64. The highest BCUT2D eigenvalue weighted by Crippen LogP contribution is 2.16. The minimum atomic E-state index is -3.10. The van der Waals surface area contributed by atoms with E-state index in [4.69, 9.17) is 5.73 Å². The van der Waals surface area contributed by atoms with Gasteiger partial charge >= 0.3 is 0 Å². The van der Waals surface area contributed by atoms with Gasteiger partial charge in [-0.15, -0.1) is 0 Å². The van der Waals surface area contributed by atoms with Crippen molar-refractivity contribution in [3.05, 3.63) is 29.8 Å². The summed E-state index contributed by atoms with van der Waals surface area (Å²) in [5.74, 6) is -3.72. The Labute approximate surface area is 97.4 Å². The average Bonchev–Trinajstić information content (AvgIpc) is 2.30. The lowest BCUT2D eigenvalue weighted by Crippen LogP contribution is -2.42. The van der Waals surface area contributed by atoms with Crippen molar-refractivity contribution in [1.82, 2.24) is 5.32 Å². The summed E-state index contributed by atoms with van der Waals surface area (Å²) in [6, 6.07) is 6.24. The van der Waals surface area contributed by atoms with Gasteiger partial charge in [-0.1, -0.05) is 18.2 Å². The molecular formula is C11H14F2N2O2. The Morgan fingerprint density at radius 1 is 1.41 bits per heavy atom. The largest absolute Gasteiger partial charge is 0.508 e. The van der Waals surface area contributed by atoms with Gasteiger partial charge in [0.25, 0.3) is 5.92 Å². The summed E-state index contributed by atoms with van der Waals surface area (Å²) in [5.41, 5.74) is 5.22. The molecule has 0 radical (unpaired) electrons. The molecule has 0 aliphatic carbocycles. The lowest BCUT2D eigenvalue weighted by atomic mass is 10.1. The van der Waals surface area contributed by atoms with Gasteiger partial charge in [-0.25, -0.2) is 8.78 Å². The third-order valence-corrected chi connectivity index (χ3v) is 2.19. The van der Waals surface area contributed by atoms with Crippen LogP contribution in [0.3, 0.4) is 0 Å². The molecule has 0 spiro atoms. The normalized spacial score (nSPS) is 11.2. The Bertz CT molecular complexity index is 397. The van der Waals surface area contributed by atoms with E-state index in [1.807, 2.05) is 0 Å². The minimum Gasteiger partial charge on any atom is -0.508 e. The van der Waals surface area contributed by atoms with Crippen LogP contribution in [0.15, 0.2) is 24.3 Å². The third kappa shape index (κ3) is 4.36. The smallest absolute Gasteiger partial charge is 0.277 e. The summed E-state index contributed by atoms with van der Waals surface area (Å²) >= 11 is 0. The first-order valence-electron chi connectivity index (χ1n) is 5.06. The summed E-state index contributed by atoms with van der Waals surface area (Å²) in [7, 11) is 0. The van der Waals surface area contributed by atoms with Gasteiger partial charge in [-0.05, 0) is 6.07 Å². The number of rotatable bonds is 5. The van der Waals surface area contributed by atoms with Crippen LogP contribution in [0, 0.1) is 0 Å². The molecule has 0 fully saturated rings. The Morgan fingerprint density at radius 2 is 2.06 bits per heavy atom. The molecule has 0 unspecified atom stereocenters. The zero-order chi connectivity index (χ0) is 12.9. The molecule has 1 aromatic rings. The van der Waals surface area contributed by atoms with Gasteiger partial charge < -0.3 is 16.2 Å². The van der Waals surface area contributed by atoms with Crippen LogP contribution in [0.2, 0.25) is 0 Å². The van der Waals surface area contributed by atoms with Crippen LogP contribution < -0.4 is 11.1 Å². The summed E-state index contributed by atoms with van der Waals surface area (Å²) in [4.78, 5) is 11.3. The highest BCUT2D eigenvalue weighted by Gasteiger charge is 2.27. The number of halogens is 2. The quantitative estimate of drug-likeness (QED) is 0.711. The number of alkyl halides is 2. The van der Waals surface area contributed by atoms with Crippen molar-refractivity contribution >= 4 is 5.91 Å². The number of nitrogens with two attached hydrogens (primary N) is 1. The highest BCUT2D eigenvalue weighted by molar-refractivity contribution is 5.79. The van der Waals surface area contributed by atoms with Gasteiger partial charge in [-0.2, -0.15) is 0 Å². The third-order valence-electron chi connectivity index (χ3n) is 2.19. The van der Waals surface area contributed by atoms with E-state index in [1.165, 1.54) is 6.07 Å². The maximum atomic E-state index is 12.7. The van der Waals surface area contributed by atoms with Crippen molar-refractivity contribution in [2.75, 3.05) is 13.1 Å². The van der Waals surface area contributed by atoms with E-state index in [0.29, 0.717) is 5.56 Å². The Kier molecular flexibility index (Phi) is 4.39. The van der Waals surface area contributed by atoms with Crippen molar-refractivity contribution in [3.63, 3.8) is 0 Å². The molecule has 0 aromatic heterocycles. The first-order chi connectivity index (χ1) is 7.94. The van der Waals surface area contributed by atoms with Gasteiger partial charge in [0.05, 0.1) is 19.5 Å². The van der Waals surface area contributed by atoms with E-state index in [9.17, 15) is 18.7 Å². The lowest BCUT2D eigenvalue weighted by Gasteiger charge is -2.14. The lowest BCUT2D eigenvalue weighted by molar-refractivity contribution is -0.122. The van der Waals surface area contributed by atoms with Gasteiger partial charge in [0, 0.05) is 5.56 Å². The molecule has 1 amide bonds.